The molecule has 0 saturated carbocycles. The molecule has 4 rings (SSSR count). The Morgan fingerprint density at radius 3 is 2.41 bits per heavy atom. The Morgan fingerprint density at radius 1 is 1.03 bits per heavy atom. The van der Waals surface area contributed by atoms with Crippen molar-refractivity contribution in [3.63, 3.8) is 0 Å². The summed E-state index contributed by atoms with van der Waals surface area (Å²) < 4.78 is 68.0. The van der Waals surface area contributed by atoms with E-state index in [4.69, 9.17) is 11.6 Å². The van der Waals surface area contributed by atoms with Gasteiger partial charge < -0.3 is 0 Å². The van der Waals surface area contributed by atoms with Crippen molar-refractivity contribution in [3.8, 4) is 0 Å². The van der Waals surface area contributed by atoms with Crippen molar-refractivity contribution < 1.29 is 21.2 Å². The second kappa shape index (κ2) is 9.36. The summed E-state index contributed by atoms with van der Waals surface area (Å²) in [7, 11) is -7.59. The number of hydrogen-bond donors (Lipinski definition) is 1. The molecule has 7 nitrogen and oxygen atoms in total. The third-order valence-electron chi connectivity index (χ3n) is 5.32. The highest BCUT2D eigenvalue weighted by molar-refractivity contribution is 7.92. The van der Waals surface area contributed by atoms with E-state index in [0.717, 1.165) is 4.41 Å². The molecule has 3 aromatic carbocycles. The molecule has 0 aliphatic carbocycles. The second-order valence-electron chi connectivity index (χ2n) is 7.64. The Hall–Kier alpha value is -2.95. The van der Waals surface area contributed by atoms with E-state index in [1.807, 2.05) is 0 Å². The van der Waals surface area contributed by atoms with Crippen LogP contribution in [0.5, 0.6) is 0 Å². The van der Waals surface area contributed by atoms with E-state index in [-0.39, 0.29) is 22.1 Å². The fraction of sp³-hybridized carbons (Fsp3) is 0.174. The van der Waals surface area contributed by atoms with Gasteiger partial charge in [0.1, 0.15) is 5.82 Å². The molecule has 34 heavy (non-hydrogen) atoms. The summed E-state index contributed by atoms with van der Waals surface area (Å²) in [6.07, 6.45) is 0.204. The zero-order valence-electron chi connectivity index (χ0n) is 18.0. The largest absolute Gasteiger partial charge is 0.284 e. The van der Waals surface area contributed by atoms with E-state index in [2.05, 4.69) is 9.82 Å². The molecule has 178 valence electrons. The molecule has 0 bridgehead atoms. The topological polar surface area (TPSA) is 95.9 Å². The maximum atomic E-state index is 13.5. The van der Waals surface area contributed by atoms with Gasteiger partial charge in [0, 0.05) is 17.1 Å². The van der Waals surface area contributed by atoms with Gasteiger partial charge in [0.05, 0.1) is 22.4 Å². The minimum atomic E-state index is -4.10. The first-order valence-corrected chi connectivity index (χ1v) is 13.8. The van der Waals surface area contributed by atoms with Crippen LogP contribution in [0.4, 0.5) is 10.1 Å². The van der Waals surface area contributed by atoms with Crippen molar-refractivity contribution in [1.82, 2.24) is 4.41 Å². The van der Waals surface area contributed by atoms with E-state index < -0.39 is 31.9 Å². The van der Waals surface area contributed by atoms with Crippen LogP contribution in [0, 0.1) is 5.82 Å². The van der Waals surface area contributed by atoms with Crippen LogP contribution in [0.15, 0.2) is 82.8 Å². The molecule has 1 atom stereocenters. The van der Waals surface area contributed by atoms with Crippen LogP contribution in [0.3, 0.4) is 0 Å². The van der Waals surface area contributed by atoms with E-state index in [1.54, 1.807) is 30.3 Å². The zero-order chi connectivity index (χ0) is 24.5. The smallest absolute Gasteiger partial charge is 0.279 e. The molecular weight excluding hydrogens is 501 g/mol. The van der Waals surface area contributed by atoms with Gasteiger partial charge in [-0.3, -0.25) is 4.72 Å². The summed E-state index contributed by atoms with van der Waals surface area (Å²) in [5.41, 5.74) is 1.91. The lowest BCUT2D eigenvalue weighted by atomic mass is 9.99. The van der Waals surface area contributed by atoms with Crippen molar-refractivity contribution in [1.29, 1.82) is 0 Å². The average molecular weight is 522 g/mol. The van der Waals surface area contributed by atoms with Crippen LogP contribution >= 0.6 is 11.6 Å². The van der Waals surface area contributed by atoms with Crippen LogP contribution < -0.4 is 4.72 Å². The fourth-order valence-corrected chi connectivity index (χ4v) is 5.93. The molecule has 1 aliphatic heterocycles. The van der Waals surface area contributed by atoms with Gasteiger partial charge in [-0.1, -0.05) is 41.9 Å². The van der Waals surface area contributed by atoms with Crippen LogP contribution in [0.25, 0.3) is 0 Å². The molecule has 1 N–H and O–H groups in total. The minimum Gasteiger partial charge on any atom is -0.284 e. The Balaban J connectivity index is 1.77. The summed E-state index contributed by atoms with van der Waals surface area (Å²) in [6.45, 7) is 1.53. The number of hydrogen-bond acceptors (Lipinski definition) is 5. The molecule has 0 saturated heterocycles. The minimum absolute atomic E-state index is 0.0263. The monoisotopic (exact) mass is 521 g/mol. The SMILES string of the molecule is CCS(=O)(=O)Nc1cccc(C2=NN(S(=O)(=O)c3cccc(Cl)c3)[C@@H](c3ccc(F)cc3)C2)c1. The highest BCUT2D eigenvalue weighted by Crippen LogP contribution is 2.37. The number of halogens is 2. The van der Waals surface area contributed by atoms with Gasteiger partial charge in [-0.15, -0.1) is 0 Å². The fourth-order valence-electron chi connectivity index (χ4n) is 3.57. The lowest BCUT2D eigenvalue weighted by molar-refractivity contribution is 0.371. The number of nitrogens with zero attached hydrogens (tertiary/aromatic N) is 2. The Bertz CT molecular complexity index is 1460. The highest BCUT2D eigenvalue weighted by atomic mass is 35.5. The Morgan fingerprint density at radius 2 is 1.74 bits per heavy atom. The predicted octanol–water partition coefficient (Wildman–Crippen LogP) is 4.78. The zero-order valence-corrected chi connectivity index (χ0v) is 20.4. The predicted molar refractivity (Wildman–Crippen MR) is 130 cm³/mol. The van der Waals surface area contributed by atoms with Gasteiger partial charge in [0.25, 0.3) is 10.0 Å². The first kappa shape index (κ1) is 24.2. The lowest BCUT2D eigenvalue weighted by Gasteiger charge is -2.23. The second-order valence-corrected chi connectivity index (χ2v) is 11.9. The number of nitrogens with one attached hydrogen (secondary N) is 1. The molecule has 3 aromatic rings. The summed E-state index contributed by atoms with van der Waals surface area (Å²) in [6, 6.07) is 17.3. The molecule has 0 fully saturated rings. The van der Waals surface area contributed by atoms with E-state index in [9.17, 15) is 21.2 Å². The summed E-state index contributed by atoms with van der Waals surface area (Å²) in [4.78, 5) is -0.0263. The average Bonchev–Trinajstić information content (AvgIpc) is 3.26. The first-order valence-electron chi connectivity index (χ1n) is 10.3. The van der Waals surface area contributed by atoms with E-state index in [1.165, 1.54) is 49.4 Å². The Kier molecular flexibility index (Phi) is 6.66. The molecule has 0 spiro atoms. The summed E-state index contributed by atoms with van der Waals surface area (Å²) in [5, 5.41) is 4.68. The molecular formula is C23H21ClFN3O4S2. The van der Waals surface area contributed by atoms with Gasteiger partial charge in [-0.05, 0) is 60.5 Å². The molecule has 1 aliphatic rings. The van der Waals surface area contributed by atoms with Crippen LogP contribution in [-0.2, 0) is 20.0 Å². The molecule has 0 radical (unpaired) electrons. The van der Waals surface area contributed by atoms with Crippen molar-refractivity contribution in [3.05, 3.63) is 94.8 Å². The van der Waals surface area contributed by atoms with Crippen molar-refractivity contribution >= 4 is 43.0 Å². The van der Waals surface area contributed by atoms with Crippen LogP contribution in [-0.4, -0.2) is 32.7 Å². The normalized spacial score (nSPS) is 16.4. The molecule has 0 unspecified atom stereocenters. The molecule has 0 aromatic heterocycles. The third kappa shape index (κ3) is 5.08. The third-order valence-corrected chi connectivity index (χ3v) is 8.54. The maximum Gasteiger partial charge on any atom is 0.279 e. The van der Waals surface area contributed by atoms with Crippen LogP contribution in [0.1, 0.15) is 30.5 Å². The number of rotatable bonds is 7. The Labute approximate surface area is 203 Å². The quantitative estimate of drug-likeness (QED) is 0.484. The van der Waals surface area contributed by atoms with Gasteiger partial charge in [0.15, 0.2) is 0 Å². The van der Waals surface area contributed by atoms with Gasteiger partial charge >= 0.3 is 0 Å². The van der Waals surface area contributed by atoms with Crippen molar-refractivity contribution in [2.75, 3.05) is 10.5 Å². The standard InChI is InChI=1S/C23H21ClFN3O4S2/c1-2-33(29,30)27-20-7-3-5-17(13-20)22-15-23(16-9-11-19(25)12-10-16)28(26-22)34(31,32)21-8-4-6-18(24)14-21/h3-14,23,27H,2,15H2,1H3/t23-/m1/s1. The summed E-state index contributed by atoms with van der Waals surface area (Å²) >= 11 is 6.02. The molecule has 11 heteroatoms. The van der Waals surface area contributed by atoms with Crippen LogP contribution in [0.2, 0.25) is 5.02 Å². The van der Waals surface area contributed by atoms with Gasteiger partial charge in [0.2, 0.25) is 10.0 Å². The molecule has 1 heterocycles. The molecule has 0 amide bonds. The summed E-state index contributed by atoms with van der Waals surface area (Å²) in [5.74, 6) is -0.528. The number of benzene rings is 3. The first-order chi connectivity index (χ1) is 16.1. The van der Waals surface area contributed by atoms with Crippen molar-refractivity contribution in [2.45, 2.75) is 24.3 Å². The number of sulfonamides is 2. The van der Waals surface area contributed by atoms with Gasteiger partial charge in [-0.2, -0.15) is 17.9 Å². The van der Waals surface area contributed by atoms with E-state index >= 15 is 0 Å². The van der Waals surface area contributed by atoms with E-state index in [0.29, 0.717) is 22.5 Å². The lowest BCUT2D eigenvalue weighted by Crippen LogP contribution is -2.27. The number of hydrazone groups is 1. The highest BCUT2D eigenvalue weighted by Gasteiger charge is 2.38. The number of anilines is 1. The maximum absolute atomic E-state index is 13.5. The van der Waals surface area contributed by atoms with Crippen molar-refractivity contribution in [2.24, 2.45) is 5.10 Å². The van der Waals surface area contributed by atoms with Gasteiger partial charge in [-0.25, -0.2) is 12.8 Å².